The van der Waals surface area contributed by atoms with Crippen LogP contribution in [-0.4, -0.2) is 15.8 Å². The zero-order valence-electron chi connectivity index (χ0n) is 65.6. The maximum atomic E-state index is 2.77. The lowest BCUT2D eigenvalue weighted by atomic mass is 9.32. The fourth-order valence-corrected chi connectivity index (χ4v) is 18.0. The van der Waals surface area contributed by atoms with Gasteiger partial charge in [0.2, 0.25) is 0 Å². The van der Waals surface area contributed by atoms with E-state index in [0.717, 1.165) is 112 Å². The van der Waals surface area contributed by atoms with Gasteiger partial charge in [0.15, 0.2) is 0 Å². The monoisotopic (exact) mass is 1430 g/mol. The minimum absolute atomic E-state index is 0.186. The summed E-state index contributed by atoms with van der Waals surface area (Å²) in [6.45, 7) is 28.2. The second-order valence-electron chi connectivity index (χ2n) is 34.8. The summed E-state index contributed by atoms with van der Waals surface area (Å²) in [6, 6.07) is 127. The Bertz CT molecular complexity index is 6290. The Hall–Kier alpha value is -12.4. The van der Waals surface area contributed by atoms with E-state index in [9.17, 15) is 0 Å². The fraction of sp³-hybridized carbons (Fsp3) is 0.151. The summed E-state index contributed by atoms with van der Waals surface area (Å²) in [5.41, 5.74) is 35.4. The van der Waals surface area contributed by atoms with Gasteiger partial charge in [-0.3, -0.25) is 0 Å². The standard InChI is InChI=1S/C106H91BN4/c1-103(2,3)74-54-56-83-93(64-74)109(100-79(68-36-19-13-20-37-68)50-35-51-80(100)69-38-21-14-22-39-69)91-58-59-92-99(97(83)91)107-88-57-55-78(108-89-52-33-31-48-81(89)82-49-32-34-53-90(82)108)67-94(88)111(102-86(72-44-27-17-28-45-72)62-76(105(7,8)9)63-87(102)73-46-29-18-30-47-73)96-66-77(106(10,11)12)65-95(98(96)107)110(92)101-84(70-40-23-15-24-41-70)60-75(104(4,5)6)61-85(101)71-42-25-16-26-43-71/h13-67H,1-12H3. The zero-order chi connectivity index (χ0) is 76.0. The lowest BCUT2D eigenvalue weighted by Gasteiger charge is -2.47. The molecule has 0 atom stereocenters. The van der Waals surface area contributed by atoms with Crippen LogP contribution in [0.5, 0.6) is 0 Å². The Balaban J connectivity index is 1.06. The summed E-state index contributed by atoms with van der Waals surface area (Å²) in [4.78, 5) is 5.53. The van der Waals surface area contributed by atoms with E-state index in [4.69, 9.17) is 0 Å². The van der Waals surface area contributed by atoms with Gasteiger partial charge in [-0.1, -0.05) is 338 Å². The van der Waals surface area contributed by atoms with Crippen LogP contribution >= 0.6 is 0 Å². The van der Waals surface area contributed by atoms with Gasteiger partial charge >= 0.3 is 0 Å². The molecule has 111 heavy (non-hydrogen) atoms. The van der Waals surface area contributed by atoms with Crippen molar-refractivity contribution in [2.24, 2.45) is 0 Å². The van der Waals surface area contributed by atoms with Crippen LogP contribution in [0.4, 0.5) is 34.1 Å². The van der Waals surface area contributed by atoms with Gasteiger partial charge in [-0.25, -0.2) is 0 Å². The van der Waals surface area contributed by atoms with Crippen molar-refractivity contribution < 1.29 is 0 Å². The minimum Gasteiger partial charge on any atom is -0.310 e. The van der Waals surface area contributed by atoms with Gasteiger partial charge in [-0.15, -0.1) is 0 Å². The molecule has 19 rings (SSSR count). The average molecular weight is 1430 g/mol. The van der Waals surface area contributed by atoms with Gasteiger partial charge in [-0.05, 0) is 173 Å². The molecule has 0 N–H and O–H groups in total. The summed E-state index contributed by atoms with van der Waals surface area (Å²) in [6.07, 6.45) is 0. The number of hydrogen-bond donors (Lipinski definition) is 0. The maximum absolute atomic E-state index is 2.77. The summed E-state index contributed by atoms with van der Waals surface area (Å²) in [5, 5.41) is 4.87. The Labute approximate surface area is 654 Å². The molecule has 0 aliphatic carbocycles. The molecule has 5 heteroatoms. The van der Waals surface area contributed by atoms with E-state index in [2.05, 4.69) is 436 Å². The van der Waals surface area contributed by atoms with Crippen LogP contribution in [-0.2, 0) is 21.7 Å². The quantitative estimate of drug-likeness (QED) is 0.127. The molecule has 0 bridgehead atoms. The van der Waals surface area contributed by atoms with Gasteiger partial charge < -0.3 is 18.9 Å². The Morgan fingerprint density at radius 2 is 0.604 bits per heavy atom. The SMILES string of the molecule is CC(C)(C)c1cc(-c2ccccc2)c(N2c3cc(-n4c5ccccc5c5ccccc54)ccc3B3c4c2cc(C(C)(C)C)cc4N(c2c(-c4ccccc4)cc(C(C)(C)C)cc2-c2ccccc2)c2ccc4c(c23)c2ccc(C(C)(C)C)cc2n4-c2c(-c3ccccc3)cccc2-c2ccccc2)c(-c2ccccc2)c1. The third-order valence-corrected chi connectivity index (χ3v) is 23.7. The Kier molecular flexibility index (Phi) is 16.3. The number of anilines is 6. The number of nitrogens with zero attached hydrogens (tertiary/aromatic N) is 4. The first-order valence-electron chi connectivity index (χ1n) is 39.5. The summed E-state index contributed by atoms with van der Waals surface area (Å²) >= 11 is 0. The molecule has 0 radical (unpaired) electrons. The molecular formula is C106H91BN4. The molecule has 4 heterocycles. The molecule has 2 aromatic heterocycles. The van der Waals surface area contributed by atoms with E-state index < -0.39 is 0 Å². The normalized spacial score (nSPS) is 13.0. The van der Waals surface area contributed by atoms with Crippen molar-refractivity contribution >= 4 is 101 Å². The lowest BCUT2D eigenvalue weighted by Crippen LogP contribution is -2.61. The molecule has 0 unspecified atom stereocenters. The predicted molar refractivity (Wildman–Crippen MR) is 477 cm³/mol. The molecule has 0 fully saturated rings. The van der Waals surface area contributed by atoms with Crippen LogP contribution in [0.25, 0.3) is 122 Å². The number of hydrogen-bond acceptors (Lipinski definition) is 2. The smallest absolute Gasteiger partial charge is 0.253 e. The van der Waals surface area contributed by atoms with Crippen LogP contribution in [0.15, 0.2) is 334 Å². The average Bonchev–Trinajstić information content (AvgIpc) is 1.67. The number of fused-ring (bicyclic) bond motifs is 11. The van der Waals surface area contributed by atoms with E-state index in [1.165, 1.54) is 82.4 Å². The Morgan fingerprint density at radius 3 is 1.02 bits per heavy atom. The molecule has 0 amide bonds. The first kappa shape index (κ1) is 69.1. The van der Waals surface area contributed by atoms with Crippen molar-refractivity contribution in [3.05, 3.63) is 356 Å². The zero-order valence-corrected chi connectivity index (χ0v) is 65.6. The number of aromatic nitrogens is 2. The van der Waals surface area contributed by atoms with E-state index in [1.54, 1.807) is 0 Å². The van der Waals surface area contributed by atoms with Crippen molar-refractivity contribution in [1.29, 1.82) is 0 Å². The topological polar surface area (TPSA) is 16.3 Å². The summed E-state index contributed by atoms with van der Waals surface area (Å²) in [5.74, 6) is 0. The van der Waals surface area contributed by atoms with Gasteiger partial charge in [-0.2, -0.15) is 0 Å². The van der Waals surface area contributed by atoms with E-state index >= 15 is 0 Å². The van der Waals surface area contributed by atoms with Crippen LogP contribution in [0.2, 0.25) is 0 Å². The third kappa shape index (κ3) is 11.5. The van der Waals surface area contributed by atoms with E-state index in [1.807, 2.05) is 0 Å². The molecule has 0 saturated carbocycles. The van der Waals surface area contributed by atoms with Crippen molar-refractivity contribution in [1.82, 2.24) is 9.13 Å². The van der Waals surface area contributed by atoms with E-state index in [-0.39, 0.29) is 28.4 Å². The van der Waals surface area contributed by atoms with Crippen LogP contribution in [0.3, 0.4) is 0 Å². The molecule has 17 aromatic rings. The Morgan fingerprint density at radius 1 is 0.225 bits per heavy atom. The predicted octanol–water partition coefficient (Wildman–Crippen LogP) is 27.2. The molecule has 2 aliphatic rings. The lowest BCUT2D eigenvalue weighted by molar-refractivity contribution is 0.590. The highest BCUT2D eigenvalue weighted by Gasteiger charge is 2.48. The highest BCUT2D eigenvalue weighted by Crippen LogP contribution is 2.57. The molecule has 4 nitrogen and oxygen atoms in total. The van der Waals surface area contributed by atoms with Crippen molar-refractivity contribution in [2.75, 3.05) is 9.80 Å². The number of para-hydroxylation sites is 3. The maximum Gasteiger partial charge on any atom is 0.253 e. The number of benzene rings is 15. The van der Waals surface area contributed by atoms with Gasteiger partial charge in [0.25, 0.3) is 6.71 Å². The molecule has 15 aromatic carbocycles. The van der Waals surface area contributed by atoms with Gasteiger partial charge in [0.1, 0.15) is 0 Å². The highest BCUT2D eigenvalue weighted by atomic mass is 15.2. The molecule has 0 spiro atoms. The van der Waals surface area contributed by atoms with Gasteiger partial charge in [0, 0.05) is 83.4 Å². The van der Waals surface area contributed by atoms with Gasteiger partial charge in [0.05, 0.1) is 39.1 Å². The molecule has 538 valence electrons. The number of rotatable bonds is 10. The third-order valence-electron chi connectivity index (χ3n) is 23.7. The first-order valence-corrected chi connectivity index (χ1v) is 39.5. The first-order chi connectivity index (χ1) is 53.7. The largest absolute Gasteiger partial charge is 0.310 e. The van der Waals surface area contributed by atoms with Crippen molar-refractivity contribution in [3.8, 4) is 78.1 Å². The minimum atomic E-state index is -0.351. The molecule has 2 aliphatic heterocycles. The van der Waals surface area contributed by atoms with E-state index in [0.29, 0.717) is 0 Å². The summed E-state index contributed by atoms with van der Waals surface area (Å²) in [7, 11) is 0. The second kappa shape index (κ2) is 26.1. The van der Waals surface area contributed by atoms with Crippen molar-refractivity contribution in [2.45, 2.75) is 105 Å². The van der Waals surface area contributed by atoms with Crippen molar-refractivity contribution in [3.63, 3.8) is 0 Å². The molecular weight excluding hydrogens is 1340 g/mol. The second-order valence-corrected chi connectivity index (χ2v) is 34.8. The summed E-state index contributed by atoms with van der Waals surface area (Å²) < 4.78 is 5.20. The fourth-order valence-electron chi connectivity index (χ4n) is 18.0. The van der Waals surface area contributed by atoms with Crippen LogP contribution in [0, 0.1) is 0 Å². The van der Waals surface area contributed by atoms with Crippen LogP contribution < -0.4 is 26.2 Å². The highest BCUT2D eigenvalue weighted by molar-refractivity contribution is 7.02. The molecule has 0 saturated heterocycles. The van der Waals surface area contributed by atoms with Crippen LogP contribution in [0.1, 0.15) is 105 Å².